The van der Waals surface area contributed by atoms with Gasteiger partial charge in [-0.3, -0.25) is 9.59 Å². The van der Waals surface area contributed by atoms with E-state index in [-0.39, 0.29) is 5.91 Å². The first kappa shape index (κ1) is 12.2. The van der Waals surface area contributed by atoms with Gasteiger partial charge >= 0.3 is 5.97 Å². The SMILES string of the molecule is Cc1cc2c(c(C3(C(=O)O)CCC3)c1)N(C)C(=O)C2. The molecule has 1 heterocycles. The third kappa shape index (κ3) is 1.52. The van der Waals surface area contributed by atoms with Crippen LogP contribution in [0.5, 0.6) is 0 Å². The van der Waals surface area contributed by atoms with Crippen molar-refractivity contribution >= 4 is 17.6 Å². The standard InChI is InChI=1S/C15H17NO3/c1-9-6-10-8-12(17)16(2)13(10)11(7-9)15(14(18)19)4-3-5-15/h6-7H,3-5,8H2,1-2H3,(H,18,19). The van der Waals surface area contributed by atoms with Crippen LogP contribution in [-0.2, 0) is 21.4 Å². The lowest BCUT2D eigenvalue weighted by atomic mass is 9.63. The maximum absolute atomic E-state index is 11.9. The lowest BCUT2D eigenvalue weighted by Gasteiger charge is -2.40. The number of rotatable bonds is 2. The lowest BCUT2D eigenvalue weighted by Crippen LogP contribution is -2.43. The Kier molecular flexibility index (Phi) is 2.46. The zero-order valence-corrected chi connectivity index (χ0v) is 11.2. The van der Waals surface area contributed by atoms with Crippen molar-refractivity contribution in [3.8, 4) is 0 Å². The summed E-state index contributed by atoms with van der Waals surface area (Å²) in [6.07, 6.45) is 2.66. The topological polar surface area (TPSA) is 57.6 Å². The number of aryl methyl sites for hydroxylation is 1. The Morgan fingerprint density at radius 3 is 2.58 bits per heavy atom. The number of amides is 1. The van der Waals surface area contributed by atoms with E-state index < -0.39 is 11.4 Å². The van der Waals surface area contributed by atoms with Crippen LogP contribution in [0.3, 0.4) is 0 Å². The molecule has 0 atom stereocenters. The minimum Gasteiger partial charge on any atom is -0.481 e. The number of carboxylic acid groups (broad SMARTS) is 1. The zero-order valence-electron chi connectivity index (χ0n) is 11.2. The summed E-state index contributed by atoms with van der Waals surface area (Å²) < 4.78 is 0. The number of benzene rings is 1. The van der Waals surface area contributed by atoms with Crippen LogP contribution in [-0.4, -0.2) is 24.0 Å². The van der Waals surface area contributed by atoms with Gasteiger partial charge in [0, 0.05) is 7.05 Å². The highest BCUT2D eigenvalue weighted by molar-refractivity contribution is 6.03. The minimum atomic E-state index is -0.783. The second-order valence-electron chi connectivity index (χ2n) is 5.69. The molecular formula is C15H17NO3. The molecule has 1 amide bonds. The largest absolute Gasteiger partial charge is 0.481 e. The van der Waals surface area contributed by atoms with Crippen molar-refractivity contribution in [2.75, 3.05) is 11.9 Å². The van der Waals surface area contributed by atoms with Gasteiger partial charge in [0.1, 0.15) is 0 Å². The highest BCUT2D eigenvalue weighted by Gasteiger charge is 2.49. The number of carbonyl (C=O) groups excluding carboxylic acids is 1. The first-order valence-electron chi connectivity index (χ1n) is 6.60. The minimum absolute atomic E-state index is 0.0433. The van der Waals surface area contributed by atoms with Crippen molar-refractivity contribution in [2.45, 2.75) is 38.0 Å². The summed E-state index contributed by atoms with van der Waals surface area (Å²) in [7, 11) is 1.74. The molecule has 3 rings (SSSR count). The van der Waals surface area contributed by atoms with Crippen molar-refractivity contribution in [1.82, 2.24) is 0 Å². The quantitative estimate of drug-likeness (QED) is 0.884. The molecule has 1 aliphatic carbocycles. The summed E-state index contributed by atoms with van der Waals surface area (Å²) in [4.78, 5) is 25.2. The number of fused-ring (bicyclic) bond motifs is 1. The molecule has 0 spiro atoms. The van der Waals surface area contributed by atoms with Crippen LogP contribution in [0.2, 0.25) is 0 Å². The molecule has 2 aliphatic rings. The van der Waals surface area contributed by atoms with Crippen LogP contribution < -0.4 is 4.90 Å². The van der Waals surface area contributed by atoms with Gasteiger partial charge in [0.25, 0.3) is 0 Å². The Hall–Kier alpha value is -1.84. The van der Waals surface area contributed by atoms with Crippen LogP contribution in [0, 0.1) is 6.92 Å². The normalized spacial score (nSPS) is 20.1. The van der Waals surface area contributed by atoms with E-state index >= 15 is 0 Å². The maximum Gasteiger partial charge on any atom is 0.314 e. The number of hydrogen-bond donors (Lipinski definition) is 1. The Labute approximate surface area is 112 Å². The Morgan fingerprint density at radius 1 is 1.37 bits per heavy atom. The molecule has 1 aromatic rings. The van der Waals surface area contributed by atoms with Crippen molar-refractivity contribution in [2.24, 2.45) is 0 Å². The molecule has 4 nitrogen and oxygen atoms in total. The molecule has 4 heteroatoms. The van der Waals surface area contributed by atoms with Crippen LogP contribution in [0.4, 0.5) is 5.69 Å². The van der Waals surface area contributed by atoms with E-state index in [1.807, 2.05) is 19.1 Å². The van der Waals surface area contributed by atoms with E-state index in [0.717, 1.165) is 28.8 Å². The number of carboxylic acids is 1. The van der Waals surface area contributed by atoms with Gasteiger partial charge in [-0.2, -0.15) is 0 Å². The number of hydrogen-bond acceptors (Lipinski definition) is 2. The highest BCUT2D eigenvalue weighted by Crippen LogP contribution is 2.49. The van der Waals surface area contributed by atoms with Crippen LogP contribution in [0.25, 0.3) is 0 Å². The van der Waals surface area contributed by atoms with Gasteiger partial charge < -0.3 is 10.0 Å². The maximum atomic E-state index is 11.9. The molecule has 1 fully saturated rings. The number of nitrogens with zero attached hydrogens (tertiary/aromatic N) is 1. The van der Waals surface area contributed by atoms with Gasteiger partial charge in [0.05, 0.1) is 17.5 Å². The van der Waals surface area contributed by atoms with E-state index in [2.05, 4.69) is 0 Å². The smallest absolute Gasteiger partial charge is 0.314 e. The van der Waals surface area contributed by atoms with Gasteiger partial charge in [0.15, 0.2) is 0 Å². The third-order valence-electron chi connectivity index (χ3n) is 4.52. The number of aliphatic carboxylic acids is 1. The van der Waals surface area contributed by atoms with Crippen molar-refractivity contribution in [3.05, 3.63) is 28.8 Å². The second kappa shape index (κ2) is 3.83. The molecule has 100 valence electrons. The van der Waals surface area contributed by atoms with E-state index in [9.17, 15) is 14.7 Å². The fourth-order valence-electron chi connectivity index (χ4n) is 3.28. The molecule has 1 saturated carbocycles. The lowest BCUT2D eigenvalue weighted by molar-refractivity contribution is -0.147. The van der Waals surface area contributed by atoms with E-state index in [1.54, 1.807) is 11.9 Å². The predicted octanol–water partition coefficient (Wildman–Crippen LogP) is 2.02. The predicted molar refractivity (Wildman–Crippen MR) is 71.5 cm³/mol. The molecule has 0 radical (unpaired) electrons. The Bertz CT molecular complexity index is 587. The molecule has 0 unspecified atom stereocenters. The number of carbonyl (C=O) groups is 2. The van der Waals surface area contributed by atoms with Gasteiger partial charge in [0.2, 0.25) is 5.91 Å². The first-order chi connectivity index (χ1) is 8.95. The van der Waals surface area contributed by atoms with Crippen LogP contribution >= 0.6 is 0 Å². The molecule has 1 aliphatic heterocycles. The average molecular weight is 259 g/mol. The summed E-state index contributed by atoms with van der Waals surface area (Å²) in [5, 5.41) is 9.61. The van der Waals surface area contributed by atoms with Crippen molar-refractivity contribution in [1.29, 1.82) is 0 Å². The van der Waals surface area contributed by atoms with Crippen LogP contribution in [0.15, 0.2) is 12.1 Å². The van der Waals surface area contributed by atoms with Gasteiger partial charge in [-0.05, 0) is 30.9 Å². The molecule has 1 N–H and O–H groups in total. The molecule has 0 bridgehead atoms. The highest BCUT2D eigenvalue weighted by atomic mass is 16.4. The van der Waals surface area contributed by atoms with Gasteiger partial charge in [-0.25, -0.2) is 0 Å². The second-order valence-corrected chi connectivity index (χ2v) is 5.69. The molecular weight excluding hydrogens is 242 g/mol. The summed E-state index contributed by atoms with van der Waals surface area (Å²) >= 11 is 0. The average Bonchev–Trinajstić information content (AvgIpc) is 2.51. The zero-order chi connectivity index (χ0) is 13.8. The van der Waals surface area contributed by atoms with Crippen molar-refractivity contribution in [3.63, 3.8) is 0 Å². The summed E-state index contributed by atoms with van der Waals surface area (Å²) in [6, 6.07) is 3.94. The summed E-state index contributed by atoms with van der Waals surface area (Å²) in [5.74, 6) is -0.721. The summed E-state index contributed by atoms with van der Waals surface area (Å²) in [5.41, 5.74) is 2.88. The van der Waals surface area contributed by atoms with E-state index in [1.165, 1.54) is 0 Å². The number of anilines is 1. The van der Waals surface area contributed by atoms with Crippen molar-refractivity contribution < 1.29 is 14.7 Å². The first-order valence-corrected chi connectivity index (χ1v) is 6.60. The van der Waals surface area contributed by atoms with Crippen LogP contribution in [0.1, 0.15) is 36.0 Å². The van der Waals surface area contributed by atoms with Gasteiger partial charge in [-0.1, -0.05) is 24.1 Å². The molecule has 0 saturated heterocycles. The fourth-order valence-corrected chi connectivity index (χ4v) is 3.28. The monoisotopic (exact) mass is 259 g/mol. The fraction of sp³-hybridized carbons (Fsp3) is 0.467. The van der Waals surface area contributed by atoms with Gasteiger partial charge in [-0.15, -0.1) is 0 Å². The number of likely N-dealkylation sites (N-methyl/N-ethyl adjacent to an activating group) is 1. The Morgan fingerprint density at radius 2 is 2.05 bits per heavy atom. The molecule has 1 aromatic carbocycles. The van der Waals surface area contributed by atoms with E-state index in [4.69, 9.17) is 0 Å². The Balaban J connectivity index is 2.23. The summed E-state index contributed by atoms with van der Waals surface area (Å²) in [6.45, 7) is 1.96. The molecule has 19 heavy (non-hydrogen) atoms. The van der Waals surface area contributed by atoms with E-state index in [0.29, 0.717) is 19.3 Å². The molecule has 0 aromatic heterocycles. The third-order valence-corrected chi connectivity index (χ3v) is 4.52.